The minimum absolute atomic E-state index is 0.0835. The SMILES string of the molecule is COc1cc(-n2c(N)nc3ccc(F)cc32)ccc1F. The smallest absolute Gasteiger partial charge is 0.205 e. The fraction of sp³-hybridized carbons (Fsp3) is 0.0714. The zero-order valence-corrected chi connectivity index (χ0v) is 10.6. The number of rotatable bonds is 2. The monoisotopic (exact) mass is 275 g/mol. The second kappa shape index (κ2) is 4.48. The Hall–Kier alpha value is -2.63. The van der Waals surface area contributed by atoms with E-state index >= 15 is 0 Å². The Kier molecular flexibility index (Phi) is 2.78. The van der Waals surface area contributed by atoms with E-state index in [9.17, 15) is 8.78 Å². The number of aromatic nitrogens is 2. The van der Waals surface area contributed by atoms with Crippen LogP contribution in [0.5, 0.6) is 5.75 Å². The molecule has 2 N–H and O–H groups in total. The van der Waals surface area contributed by atoms with Gasteiger partial charge in [-0.2, -0.15) is 0 Å². The Morgan fingerprint density at radius 1 is 1.15 bits per heavy atom. The highest BCUT2D eigenvalue weighted by Gasteiger charge is 2.13. The average molecular weight is 275 g/mol. The van der Waals surface area contributed by atoms with Crippen LogP contribution in [0, 0.1) is 11.6 Å². The van der Waals surface area contributed by atoms with E-state index in [-0.39, 0.29) is 11.7 Å². The van der Waals surface area contributed by atoms with Crippen molar-refractivity contribution in [3.05, 3.63) is 48.0 Å². The lowest BCUT2D eigenvalue weighted by Crippen LogP contribution is -2.01. The molecule has 4 nitrogen and oxygen atoms in total. The second-order valence-corrected chi connectivity index (χ2v) is 4.26. The van der Waals surface area contributed by atoms with Crippen LogP contribution in [0.25, 0.3) is 16.7 Å². The van der Waals surface area contributed by atoms with Gasteiger partial charge in [-0.15, -0.1) is 0 Å². The molecule has 0 aliphatic heterocycles. The quantitative estimate of drug-likeness (QED) is 0.782. The van der Waals surface area contributed by atoms with Gasteiger partial charge < -0.3 is 10.5 Å². The summed E-state index contributed by atoms with van der Waals surface area (Å²) >= 11 is 0. The molecular formula is C14H11F2N3O. The van der Waals surface area contributed by atoms with Gasteiger partial charge in [0.1, 0.15) is 5.82 Å². The molecule has 3 rings (SSSR count). The van der Waals surface area contributed by atoms with Crippen molar-refractivity contribution in [1.29, 1.82) is 0 Å². The van der Waals surface area contributed by atoms with E-state index in [0.717, 1.165) is 0 Å². The molecule has 0 aliphatic carbocycles. The summed E-state index contributed by atoms with van der Waals surface area (Å²) < 4.78 is 33.3. The lowest BCUT2D eigenvalue weighted by atomic mass is 10.2. The zero-order chi connectivity index (χ0) is 14.3. The number of hydrogen-bond acceptors (Lipinski definition) is 3. The van der Waals surface area contributed by atoms with Crippen LogP contribution in [0.2, 0.25) is 0 Å². The molecule has 3 aromatic rings. The predicted octanol–water partition coefficient (Wildman–Crippen LogP) is 2.89. The van der Waals surface area contributed by atoms with Gasteiger partial charge in [0, 0.05) is 12.1 Å². The van der Waals surface area contributed by atoms with Crippen LogP contribution in [0.4, 0.5) is 14.7 Å². The minimum atomic E-state index is -0.481. The molecule has 0 bridgehead atoms. The van der Waals surface area contributed by atoms with E-state index in [1.54, 1.807) is 4.57 Å². The maximum atomic E-state index is 13.4. The van der Waals surface area contributed by atoms with Gasteiger partial charge in [-0.25, -0.2) is 13.8 Å². The van der Waals surface area contributed by atoms with Crippen molar-refractivity contribution in [3.63, 3.8) is 0 Å². The van der Waals surface area contributed by atoms with Crippen LogP contribution in [0.15, 0.2) is 36.4 Å². The molecule has 0 spiro atoms. The molecule has 0 unspecified atom stereocenters. The van der Waals surface area contributed by atoms with Gasteiger partial charge in [0.25, 0.3) is 0 Å². The highest BCUT2D eigenvalue weighted by atomic mass is 19.1. The highest BCUT2D eigenvalue weighted by molar-refractivity contribution is 5.81. The maximum absolute atomic E-state index is 13.4. The number of methoxy groups -OCH3 is 1. The summed E-state index contributed by atoms with van der Waals surface area (Å²) in [5.41, 5.74) is 7.48. The number of nitrogens with zero attached hydrogens (tertiary/aromatic N) is 2. The third-order valence-corrected chi connectivity index (χ3v) is 3.04. The van der Waals surface area contributed by atoms with Crippen molar-refractivity contribution < 1.29 is 13.5 Å². The summed E-state index contributed by atoms with van der Waals surface area (Å²) in [5.74, 6) is -0.599. The van der Waals surface area contributed by atoms with Crippen LogP contribution in [0.3, 0.4) is 0 Å². The van der Waals surface area contributed by atoms with E-state index in [2.05, 4.69) is 4.98 Å². The second-order valence-electron chi connectivity index (χ2n) is 4.26. The first-order valence-electron chi connectivity index (χ1n) is 5.87. The molecule has 1 heterocycles. The molecule has 2 aromatic carbocycles. The normalized spacial score (nSPS) is 10.9. The lowest BCUT2D eigenvalue weighted by molar-refractivity contribution is 0.386. The number of benzene rings is 2. The number of nitrogens with two attached hydrogens (primary N) is 1. The molecule has 0 atom stereocenters. The van der Waals surface area contributed by atoms with Gasteiger partial charge in [0.05, 0.1) is 23.8 Å². The van der Waals surface area contributed by atoms with Gasteiger partial charge >= 0.3 is 0 Å². The summed E-state index contributed by atoms with van der Waals surface area (Å²) in [6, 6.07) is 8.45. The van der Waals surface area contributed by atoms with Crippen LogP contribution >= 0.6 is 0 Å². The van der Waals surface area contributed by atoms with Gasteiger partial charge in [0.2, 0.25) is 5.95 Å². The summed E-state index contributed by atoms with van der Waals surface area (Å²) in [6.07, 6.45) is 0. The summed E-state index contributed by atoms with van der Waals surface area (Å²) in [4.78, 5) is 4.15. The Labute approximate surface area is 113 Å². The Bertz CT molecular complexity index is 798. The van der Waals surface area contributed by atoms with Crippen molar-refractivity contribution in [2.75, 3.05) is 12.8 Å². The van der Waals surface area contributed by atoms with E-state index in [4.69, 9.17) is 10.5 Å². The number of hydrogen-bond donors (Lipinski definition) is 1. The van der Waals surface area contributed by atoms with E-state index in [1.807, 2.05) is 0 Å². The number of halogens is 2. The fourth-order valence-corrected chi connectivity index (χ4v) is 2.13. The van der Waals surface area contributed by atoms with Crippen molar-refractivity contribution in [2.45, 2.75) is 0 Å². The first kappa shape index (κ1) is 12.4. The zero-order valence-electron chi connectivity index (χ0n) is 10.6. The number of anilines is 1. The number of fused-ring (bicyclic) bond motifs is 1. The van der Waals surface area contributed by atoms with Gasteiger partial charge in [-0.05, 0) is 24.3 Å². The molecule has 0 aliphatic rings. The van der Waals surface area contributed by atoms with Crippen molar-refractivity contribution >= 4 is 17.0 Å². The molecule has 0 saturated carbocycles. The molecule has 0 fully saturated rings. The molecule has 0 radical (unpaired) electrons. The molecule has 6 heteroatoms. The third-order valence-electron chi connectivity index (χ3n) is 3.04. The topological polar surface area (TPSA) is 53.1 Å². The Morgan fingerprint density at radius 3 is 2.70 bits per heavy atom. The summed E-state index contributed by atoms with van der Waals surface area (Å²) in [7, 11) is 1.37. The average Bonchev–Trinajstić information content (AvgIpc) is 2.75. The maximum Gasteiger partial charge on any atom is 0.205 e. The number of imidazole rings is 1. The van der Waals surface area contributed by atoms with E-state index in [0.29, 0.717) is 16.7 Å². The van der Waals surface area contributed by atoms with Gasteiger partial charge in [0.15, 0.2) is 11.6 Å². The highest BCUT2D eigenvalue weighted by Crippen LogP contribution is 2.27. The Balaban J connectivity index is 2.28. The van der Waals surface area contributed by atoms with Crippen molar-refractivity contribution in [1.82, 2.24) is 9.55 Å². The first-order valence-corrected chi connectivity index (χ1v) is 5.87. The minimum Gasteiger partial charge on any atom is -0.494 e. The Morgan fingerprint density at radius 2 is 1.95 bits per heavy atom. The summed E-state index contributed by atoms with van der Waals surface area (Å²) in [5, 5.41) is 0. The van der Waals surface area contributed by atoms with E-state index < -0.39 is 11.6 Å². The summed E-state index contributed by atoms with van der Waals surface area (Å²) in [6.45, 7) is 0. The number of ether oxygens (including phenoxy) is 1. The van der Waals surface area contributed by atoms with Gasteiger partial charge in [-0.1, -0.05) is 0 Å². The molecule has 1 aromatic heterocycles. The van der Waals surface area contributed by atoms with Crippen LogP contribution in [-0.2, 0) is 0 Å². The molecule has 0 saturated heterocycles. The van der Waals surface area contributed by atoms with E-state index in [1.165, 1.54) is 43.5 Å². The van der Waals surface area contributed by atoms with Crippen LogP contribution in [-0.4, -0.2) is 16.7 Å². The van der Waals surface area contributed by atoms with Crippen molar-refractivity contribution in [2.24, 2.45) is 0 Å². The first-order chi connectivity index (χ1) is 9.60. The molecule has 0 amide bonds. The lowest BCUT2D eigenvalue weighted by Gasteiger charge is -2.09. The van der Waals surface area contributed by atoms with Crippen molar-refractivity contribution in [3.8, 4) is 11.4 Å². The molecule has 102 valence electrons. The largest absolute Gasteiger partial charge is 0.494 e. The molecular weight excluding hydrogens is 264 g/mol. The number of nitrogen functional groups attached to an aromatic ring is 1. The van der Waals surface area contributed by atoms with Crippen LogP contribution < -0.4 is 10.5 Å². The third kappa shape index (κ3) is 1.85. The predicted molar refractivity (Wildman–Crippen MR) is 72.0 cm³/mol. The van der Waals surface area contributed by atoms with Crippen LogP contribution in [0.1, 0.15) is 0 Å². The standard InChI is InChI=1S/C14H11F2N3O/c1-20-13-7-9(3-4-10(13)16)19-12-6-8(15)2-5-11(12)18-14(19)17/h2-7H,1H3,(H2,17,18). The fourth-order valence-electron chi connectivity index (χ4n) is 2.13. The van der Waals surface area contributed by atoms with Gasteiger partial charge in [-0.3, -0.25) is 4.57 Å². The molecule has 20 heavy (non-hydrogen) atoms.